The first kappa shape index (κ1) is 16.9. The second-order valence-corrected chi connectivity index (χ2v) is 7.07. The molecular weight excluding hydrogens is 376 g/mol. The smallest absolute Gasteiger partial charge is 0.256 e. The Morgan fingerprint density at radius 3 is 2.89 bits per heavy atom. The standard InChI is InChI=1S/C20H15ClN6O/c21-13-4-16(18-10-25-27-19(18)5-13)20(28)26-14-3-12-7-22-9-17(12)15(6-14)11-1-2-23-24-8-11/h1-6,8,10,22H,7,9H2,(H,25,27)(H,26,28). The van der Waals surface area contributed by atoms with Crippen LogP contribution in [0.3, 0.4) is 0 Å². The van der Waals surface area contributed by atoms with Gasteiger partial charge in [-0.2, -0.15) is 15.3 Å². The Morgan fingerprint density at radius 1 is 1.11 bits per heavy atom. The Balaban J connectivity index is 1.55. The molecule has 0 saturated carbocycles. The fourth-order valence-corrected chi connectivity index (χ4v) is 3.82. The second kappa shape index (κ2) is 6.70. The Bertz CT molecular complexity index is 1200. The molecule has 138 valence electrons. The van der Waals surface area contributed by atoms with Crippen molar-refractivity contribution in [1.82, 2.24) is 25.7 Å². The topological polar surface area (TPSA) is 95.6 Å². The number of halogens is 1. The lowest BCUT2D eigenvalue weighted by Crippen LogP contribution is -2.13. The summed E-state index contributed by atoms with van der Waals surface area (Å²) in [5.41, 5.74) is 6.28. The van der Waals surface area contributed by atoms with Crippen molar-refractivity contribution in [3.63, 3.8) is 0 Å². The van der Waals surface area contributed by atoms with Gasteiger partial charge >= 0.3 is 0 Å². The van der Waals surface area contributed by atoms with Gasteiger partial charge in [0.15, 0.2) is 0 Å². The van der Waals surface area contributed by atoms with Gasteiger partial charge in [-0.15, -0.1) is 0 Å². The van der Waals surface area contributed by atoms with E-state index in [1.165, 1.54) is 5.56 Å². The van der Waals surface area contributed by atoms with E-state index in [2.05, 4.69) is 31.0 Å². The summed E-state index contributed by atoms with van der Waals surface area (Å²) in [6, 6.07) is 9.28. The van der Waals surface area contributed by atoms with E-state index in [1.807, 2.05) is 18.2 Å². The summed E-state index contributed by atoms with van der Waals surface area (Å²) in [4.78, 5) is 13.0. The van der Waals surface area contributed by atoms with Crippen molar-refractivity contribution >= 4 is 34.1 Å². The highest BCUT2D eigenvalue weighted by atomic mass is 35.5. The Labute approximate surface area is 165 Å². The highest BCUT2D eigenvalue weighted by Gasteiger charge is 2.19. The first-order valence-corrected chi connectivity index (χ1v) is 9.14. The average molecular weight is 391 g/mol. The van der Waals surface area contributed by atoms with Crippen LogP contribution in [0.15, 0.2) is 48.9 Å². The van der Waals surface area contributed by atoms with E-state index in [0.29, 0.717) is 10.6 Å². The number of hydrogen-bond acceptors (Lipinski definition) is 5. The number of anilines is 1. The summed E-state index contributed by atoms with van der Waals surface area (Å²) in [5.74, 6) is -0.237. The van der Waals surface area contributed by atoms with Gasteiger partial charge in [0.2, 0.25) is 0 Å². The summed E-state index contributed by atoms with van der Waals surface area (Å²) in [6.07, 6.45) is 5.02. The quantitative estimate of drug-likeness (QED) is 0.497. The van der Waals surface area contributed by atoms with Crippen LogP contribution >= 0.6 is 11.6 Å². The van der Waals surface area contributed by atoms with Crippen LogP contribution in [0.25, 0.3) is 22.0 Å². The third kappa shape index (κ3) is 2.90. The maximum absolute atomic E-state index is 13.0. The minimum absolute atomic E-state index is 0.237. The molecule has 0 bridgehead atoms. The van der Waals surface area contributed by atoms with Gasteiger partial charge in [-0.3, -0.25) is 9.89 Å². The van der Waals surface area contributed by atoms with E-state index in [0.717, 1.165) is 46.4 Å². The maximum Gasteiger partial charge on any atom is 0.256 e. The zero-order valence-corrected chi connectivity index (χ0v) is 15.4. The molecule has 4 aromatic rings. The van der Waals surface area contributed by atoms with E-state index < -0.39 is 0 Å². The summed E-state index contributed by atoms with van der Waals surface area (Å²) < 4.78 is 0. The van der Waals surface area contributed by atoms with Crippen LogP contribution in [0.4, 0.5) is 5.69 Å². The van der Waals surface area contributed by atoms with Gasteiger partial charge in [0.1, 0.15) is 0 Å². The van der Waals surface area contributed by atoms with Gasteiger partial charge in [0.05, 0.1) is 29.7 Å². The highest BCUT2D eigenvalue weighted by Crippen LogP contribution is 2.33. The molecule has 0 fully saturated rings. The first-order valence-electron chi connectivity index (χ1n) is 8.76. The molecule has 1 amide bonds. The van der Waals surface area contributed by atoms with Gasteiger partial charge in [-0.1, -0.05) is 11.6 Å². The Kier molecular flexibility index (Phi) is 4.03. The fraction of sp³-hybridized carbons (Fsp3) is 0.100. The molecule has 0 aliphatic carbocycles. The minimum atomic E-state index is -0.237. The molecule has 2 aromatic carbocycles. The lowest BCUT2D eigenvalue weighted by molar-refractivity contribution is 0.102. The molecule has 3 N–H and O–H groups in total. The number of nitrogens with one attached hydrogen (secondary N) is 3. The van der Waals surface area contributed by atoms with Crippen LogP contribution in [0.1, 0.15) is 21.5 Å². The summed E-state index contributed by atoms with van der Waals surface area (Å²) in [5, 5.41) is 22.3. The van der Waals surface area contributed by atoms with Crippen molar-refractivity contribution < 1.29 is 4.79 Å². The van der Waals surface area contributed by atoms with Crippen LogP contribution in [0.5, 0.6) is 0 Å². The van der Waals surface area contributed by atoms with Crippen molar-refractivity contribution in [1.29, 1.82) is 0 Å². The lowest BCUT2D eigenvalue weighted by Gasteiger charge is -2.13. The third-order valence-electron chi connectivity index (χ3n) is 4.88. The van der Waals surface area contributed by atoms with E-state index in [4.69, 9.17) is 11.6 Å². The number of carbonyl (C=O) groups is 1. The average Bonchev–Trinajstić information content (AvgIpc) is 3.36. The zero-order chi connectivity index (χ0) is 19.1. The third-order valence-corrected chi connectivity index (χ3v) is 5.10. The molecule has 1 aliphatic heterocycles. The predicted octanol–water partition coefficient (Wildman–Crippen LogP) is 3.53. The largest absolute Gasteiger partial charge is 0.322 e. The molecule has 2 aromatic heterocycles. The van der Waals surface area contributed by atoms with E-state index in [-0.39, 0.29) is 5.91 Å². The second-order valence-electron chi connectivity index (χ2n) is 6.63. The number of amides is 1. The van der Waals surface area contributed by atoms with Crippen LogP contribution in [0, 0.1) is 0 Å². The predicted molar refractivity (Wildman–Crippen MR) is 107 cm³/mol. The monoisotopic (exact) mass is 390 g/mol. The normalized spacial score (nSPS) is 12.9. The van der Waals surface area contributed by atoms with Crippen LogP contribution in [-0.2, 0) is 13.1 Å². The number of aromatic amines is 1. The zero-order valence-electron chi connectivity index (χ0n) is 14.7. The molecule has 3 heterocycles. The number of carbonyl (C=O) groups excluding carboxylic acids is 1. The van der Waals surface area contributed by atoms with Gasteiger partial charge in [-0.05, 0) is 47.0 Å². The fourth-order valence-electron chi connectivity index (χ4n) is 3.60. The van der Waals surface area contributed by atoms with Gasteiger partial charge < -0.3 is 10.6 Å². The van der Waals surface area contributed by atoms with Crippen molar-refractivity contribution in [2.75, 3.05) is 5.32 Å². The van der Waals surface area contributed by atoms with Gasteiger partial charge in [-0.25, -0.2) is 0 Å². The summed E-state index contributed by atoms with van der Waals surface area (Å²) in [7, 11) is 0. The van der Waals surface area contributed by atoms with Crippen molar-refractivity contribution in [2.45, 2.75) is 13.1 Å². The van der Waals surface area contributed by atoms with Crippen molar-refractivity contribution in [3.8, 4) is 11.1 Å². The molecule has 28 heavy (non-hydrogen) atoms. The molecule has 1 aliphatic rings. The highest BCUT2D eigenvalue weighted by molar-refractivity contribution is 6.32. The molecule has 7 nitrogen and oxygen atoms in total. The van der Waals surface area contributed by atoms with Crippen molar-refractivity contribution in [3.05, 3.63) is 70.6 Å². The first-order chi connectivity index (χ1) is 13.7. The minimum Gasteiger partial charge on any atom is -0.322 e. The SMILES string of the molecule is O=C(Nc1cc2c(c(-c3ccnnc3)c1)CNC2)c1cc(Cl)cc2[nH]ncc12. The van der Waals surface area contributed by atoms with Crippen LogP contribution < -0.4 is 10.6 Å². The summed E-state index contributed by atoms with van der Waals surface area (Å²) >= 11 is 6.16. The molecule has 5 rings (SSSR count). The van der Waals surface area contributed by atoms with Crippen LogP contribution in [-0.4, -0.2) is 26.3 Å². The molecule has 0 atom stereocenters. The number of aromatic nitrogens is 4. The number of benzene rings is 2. The number of H-pyrrole nitrogens is 1. The van der Waals surface area contributed by atoms with Crippen molar-refractivity contribution in [2.24, 2.45) is 0 Å². The Hall–Kier alpha value is -3.29. The van der Waals surface area contributed by atoms with Crippen LogP contribution in [0.2, 0.25) is 5.02 Å². The van der Waals surface area contributed by atoms with E-state index >= 15 is 0 Å². The molecule has 0 spiro atoms. The van der Waals surface area contributed by atoms with E-state index in [9.17, 15) is 4.79 Å². The maximum atomic E-state index is 13.0. The molecule has 0 radical (unpaired) electrons. The number of hydrogen-bond donors (Lipinski definition) is 3. The van der Waals surface area contributed by atoms with Gasteiger partial charge in [0.25, 0.3) is 5.91 Å². The van der Waals surface area contributed by atoms with Gasteiger partial charge in [0, 0.05) is 34.7 Å². The Morgan fingerprint density at radius 2 is 2.04 bits per heavy atom. The molecule has 0 saturated heterocycles. The number of fused-ring (bicyclic) bond motifs is 2. The molecule has 0 unspecified atom stereocenters. The number of nitrogens with zero attached hydrogens (tertiary/aromatic N) is 3. The molecular formula is C20H15ClN6O. The lowest BCUT2D eigenvalue weighted by atomic mass is 9.97. The summed E-state index contributed by atoms with van der Waals surface area (Å²) in [6.45, 7) is 1.54. The van der Waals surface area contributed by atoms with E-state index in [1.54, 1.807) is 30.7 Å². The number of rotatable bonds is 3. The molecule has 8 heteroatoms.